The Balaban J connectivity index is 2.37. The van der Waals surface area contributed by atoms with Gasteiger partial charge in [-0.3, -0.25) is 4.72 Å². The van der Waals surface area contributed by atoms with E-state index in [0.29, 0.717) is 24.7 Å². The van der Waals surface area contributed by atoms with Gasteiger partial charge in [-0.2, -0.15) is 0 Å². The van der Waals surface area contributed by atoms with Crippen LogP contribution < -0.4 is 14.2 Å². The van der Waals surface area contributed by atoms with Gasteiger partial charge in [0, 0.05) is 12.3 Å². The lowest BCUT2D eigenvalue weighted by molar-refractivity contribution is 0.287. The van der Waals surface area contributed by atoms with E-state index in [1.165, 1.54) is 42.5 Å². The number of nitrogens with one attached hydrogen (secondary N) is 1. The van der Waals surface area contributed by atoms with Gasteiger partial charge < -0.3 is 9.47 Å². The van der Waals surface area contributed by atoms with Crippen LogP contribution in [-0.2, 0) is 19.9 Å². The van der Waals surface area contributed by atoms with Gasteiger partial charge in [-0.15, -0.1) is 0 Å². The minimum Gasteiger partial charge on any atom is -0.490 e. The van der Waals surface area contributed by atoms with Gasteiger partial charge in [-0.05, 0) is 44.2 Å². The summed E-state index contributed by atoms with van der Waals surface area (Å²) < 4.78 is 61.8. The Morgan fingerprint density at radius 1 is 0.846 bits per heavy atom. The van der Waals surface area contributed by atoms with Gasteiger partial charge in [-0.1, -0.05) is 6.07 Å². The van der Waals surface area contributed by atoms with Gasteiger partial charge >= 0.3 is 0 Å². The number of ether oxygens (including phenoxy) is 2. The SMILES string of the molecule is CCOc1ccc(S(=O)(=O)Nc2cccc(S(C)(=O)=O)c2)cc1OCC. The number of sulfonamides is 1. The van der Waals surface area contributed by atoms with Crippen molar-refractivity contribution < 1.29 is 26.3 Å². The van der Waals surface area contributed by atoms with E-state index in [9.17, 15) is 16.8 Å². The number of hydrogen-bond acceptors (Lipinski definition) is 6. The largest absolute Gasteiger partial charge is 0.490 e. The molecule has 9 heteroatoms. The first-order valence-electron chi connectivity index (χ1n) is 7.90. The molecule has 2 aromatic carbocycles. The highest BCUT2D eigenvalue weighted by atomic mass is 32.2. The normalized spacial score (nSPS) is 11.8. The average Bonchev–Trinajstić information content (AvgIpc) is 2.56. The first kappa shape index (κ1) is 20.1. The Hall–Kier alpha value is -2.26. The van der Waals surface area contributed by atoms with E-state index in [1.807, 2.05) is 6.92 Å². The summed E-state index contributed by atoms with van der Waals surface area (Å²) in [4.78, 5) is 0.00793. The van der Waals surface area contributed by atoms with Crippen molar-refractivity contribution in [1.29, 1.82) is 0 Å². The highest BCUT2D eigenvalue weighted by Crippen LogP contribution is 2.31. The number of rotatable bonds is 8. The molecule has 0 saturated carbocycles. The molecule has 0 amide bonds. The Kier molecular flexibility index (Phi) is 6.14. The zero-order valence-corrected chi connectivity index (χ0v) is 16.4. The predicted molar refractivity (Wildman–Crippen MR) is 99.1 cm³/mol. The van der Waals surface area contributed by atoms with Crippen LogP contribution in [0, 0.1) is 0 Å². The molecule has 0 atom stereocenters. The summed E-state index contributed by atoms with van der Waals surface area (Å²) in [5.41, 5.74) is 0.153. The third-order valence-corrected chi connectivity index (χ3v) is 5.83. The molecule has 0 unspecified atom stereocenters. The van der Waals surface area contributed by atoms with Crippen molar-refractivity contribution in [3.05, 3.63) is 42.5 Å². The topological polar surface area (TPSA) is 98.8 Å². The lowest BCUT2D eigenvalue weighted by atomic mass is 10.3. The number of benzene rings is 2. The Morgan fingerprint density at radius 2 is 1.50 bits per heavy atom. The van der Waals surface area contributed by atoms with E-state index >= 15 is 0 Å². The average molecular weight is 399 g/mol. The molecule has 0 radical (unpaired) electrons. The van der Waals surface area contributed by atoms with Crippen LogP contribution in [0.4, 0.5) is 5.69 Å². The monoisotopic (exact) mass is 399 g/mol. The van der Waals surface area contributed by atoms with E-state index in [0.717, 1.165) is 6.26 Å². The third-order valence-electron chi connectivity index (χ3n) is 3.34. The summed E-state index contributed by atoms with van der Waals surface area (Å²) >= 11 is 0. The number of sulfone groups is 1. The summed E-state index contributed by atoms with van der Waals surface area (Å²) in [6.45, 7) is 4.37. The van der Waals surface area contributed by atoms with Crippen molar-refractivity contribution in [2.75, 3.05) is 24.2 Å². The summed E-state index contributed by atoms with van der Waals surface area (Å²) in [6.07, 6.45) is 1.06. The maximum atomic E-state index is 12.6. The summed E-state index contributed by atoms with van der Waals surface area (Å²) in [5, 5.41) is 0. The van der Waals surface area contributed by atoms with Gasteiger partial charge in [0.25, 0.3) is 10.0 Å². The molecular weight excluding hydrogens is 378 g/mol. The quantitative estimate of drug-likeness (QED) is 0.733. The standard InChI is InChI=1S/C17H21NO6S2/c1-4-23-16-10-9-15(12-17(16)24-5-2)26(21,22)18-13-7-6-8-14(11-13)25(3,19)20/h6-12,18H,4-5H2,1-3H3. The molecule has 0 saturated heterocycles. The van der Waals surface area contributed by atoms with Gasteiger partial charge in [-0.25, -0.2) is 16.8 Å². The van der Waals surface area contributed by atoms with E-state index in [2.05, 4.69) is 4.72 Å². The van der Waals surface area contributed by atoms with E-state index in [-0.39, 0.29) is 15.5 Å². The fourth-order valence-electron chi connectivity index (χ4n) is 2.20. The van der Waals surface area contributed by atoms with Gasteiger partial charge in [0.15, 0.2) is 21.3 Å². The summed E-state index contributed by atoms with van der Waals surface area (Å²) in [5.74, 6) is 0.773. The lowest BCUT2D eigenvalue weighted by Gasteiger charge is -2.14. The van der Waals surface area contributed by atoms with E-state index in [4.69, 9.17) is 9.47 Å². The van der Waals surface area contributed by atoms with E-state index < -0.39 is 19.9 Å². The van der Waals surface area contributed by atoms with Crippen LogP contribution in [0.25, 0.3) is 0 Å². The highest BCUT2D eigenvalue weighted by Gasteiger charge is 2.18. The van der Waals surface area contributed by atoms with Crippen molar-refractivity contribution in [1.82, 2.24) is 0 Å². The summed E-state index contributed by atoms with van der Waals surface area (Å²) in [6, 6.07) is 9.91. The molecule has 0 aliphatic heterocycles. The van der Waals surface area contributed by atoms with Crippen LogP contribution in [0.1, 0.15) is 13.8 Å². The molecular formula is C17H21NO6S2. The van der Waals surface area contributed by atoms with Crippen molar-refractivity contribution in [2.24, 2.45) is 0 Å². The molecule has 2 aromatic rings. The fourth-order valence-corrected chi connectivity index (χ4v) is 3.93. The molecule has 1 N–H and O–H groups in total. The molecule has 2 rings (SSSR count). The first-order valence-corrected chi connectivity index (χ1v) is 11.3. The van der Waals surface area contributed by atoms with Gasteiger partial charge in [0.05, 0.1) is 28.7 Å². The van der Waals surface area contributed by atoms with Gasteiger partial charge in [0.2, 0.25) is 0 Å². The molecule has 0 aliphatic carbocycles. The van der Waals surface area contributed by atoms with Crippen LogP contribution >= 0.6 is 0 Å². The van der Waals surface area contributed by atoms with Crippen LogP contribution in [0.2, 0.25) is 0 Å². The maximum absolute atomic E-state index is 12.6. The Labute approximate surface area is 153 Å². The summed E-state index contributed by atoms with van der Waals surface area (Å²) in [7, 11) is -7.37. The molecule has 0 bridgehead atoms. The minimum absolute atomic E-state index is 0.0193. The van der Waals surface area contributed by atoms with E-state index in [1.54, 1.807) is 6.92 Å². The molecule has 0 fully saturated rings. The maximum Gasteiger partial charge on any atom is 0.262 e. The van der Waals surface area contributed by atoms with Crippen LogP contribution in [-0.4, -0.2) is 36.3 Å². The zero-order valence-electron chi connectivity index (χ0n) is 14.7. The molecule has 26 heavy (non-hydrogen) atoms. The van der Waals surface area contributed by atoms with Crippen molar-refractivity contribution >= 4 is 25.5 Å². The second-order valence-corrected chi connectivity index (χ2v) is 9.08. The number of anilines is 1. The third kappa shape index (κ3) is 4.89. The molecule has 0 aliphatic rings. The number of hydrogen-bond donors (Lipinski definition) is 1. The smallest absolute Gasteiger partial charge is 0.262 e. The lowest BCUT2D eigenvalue weighted by Crippen LogP contribution is -2.14. The van der Waals surface area contributed by atoms with Crippen molar-refractivity contribution in [3.8, 4) is 11.5 Å². The molecule has 0 spiro atoms. The Morgan fingerprint density at radius 3 is 2.12 bits per heavy atom. The fraction of sp³-hybridized carbons (Fsp3) is 0.294. The highest BCUT2D eigenvalue weighted by molar-refractivity contribution is 7.92. The molecule has 0 heterocycles. The van der Waals surface area contributed by atoms with Gasteiger partial charge in [0.1, 0.15) is 0 Å². The van der Waals surface area contributed by atoms with Crippen molar-refractivity contribution in [2.45, 2.75) is 23.6 Å². The molecule has 0 aromatic heterocycles. The second kappa shape index (κ2) is 7.96. The first-order chi connectivity index (χ1) is 12.2. The second-order valence-electron chi connectivity index (χ2n) is 5.38. The predicted octanol–water partition coefficient (Wildman–Crippen LogP) is 2.69. The minimum atomic E-state index is -3.93. The van der Waals surface area contributed by atoms with Crippen LogP contribution in [0.15, 0.2) is 52.3 Å². The van der Waals surface area contributed by atoms with Crippen LogP contribution in [0.3, 0.4) is 0 Å². The molecule has 7 nitrogen and oxygen atoms in total. The zero-order chi connectivity index (χ0) is 19.4. The van der Waals surface area contributed by atoms with Crippen molar-refractivity contribution in [3.63, 3.8) is 0 Å². The Bertz CT molecular complexity index is 984. The van der Waals surface area contributed by atoms with Crippen LogP contribution in [0.5, 0.6) is 11.5 Å². The molecule has 142 valence electrons.